The van der Waals surface area contributed by atoms with Gasteiger partial charge in [-0.1, -0.05) is 23.2 Å². The SMILES string of the molecule is CCOC(=O)c1coc(-c2cc(Cl)c(C)nc2Cl)cc1=O. The van der Waals surface area contributed by atoms with E-state index in [9.17, 15) is 9.59 Å². The summed E-state index contributed by atoms with van der Waals surface area (Å²) in [4.78, 5) is 27.5. The average molecular weight is 328 g/mol. The molecule has 0 N–H and O–H groups in total. The second kappa shape index (κ2) is 6.28. The van der Waals surface area contributed by atoms with Crippen LogP contribution in [-0.2, 0) is 4.74 Å². The smallest absolute Gasteiger partial charge is 0.345 e. The van der Waals surface area contributed by atoms with Gasteiger partial charge < -0.3 is 9.15 Å². The molecule has 0 amide bonds. The molecule has 2 aromatic heterocycles. The predicted octanol–water partition coefficient (Wildman–Crippen LogP) is 3.49. The Morgan fingerprint density at radius 3 is 2.71 bits per heavy atom. The maximum absolute atomic E-state index is 11.9. The van der Waals surface area contributed by atoms with Gasteiger partial charge >= 0.3 is 5.97 Å². The fourth-order valence-electron chi connectivity index (χ4n) is 1.63. The molecule has 0 radical (unpaired) electrons. The average Bonchev–Trinajstić information content (AvgIpc) is 2.43. The van der Waals surface area contributed by atoms with Crippen molar-refractivity contribution < 1.29 is 13.9 Å². The first-order chi connectivity index (χ1) is 9.93. The molecule has 110 valence electrons. The van der Waals surface area contributed by atoms with E-state index < -0.39 is 11.4 Å². The van der Waals surface area contributed by atoms with Crippen LogP contribution in [0.5, 0.6) is 0 Å². The monoisotopic (exact) mass is 327 g/mol. The maximum Gasteiger partial charge on any atom is 0.345 e. The highest BCUT2D eigenvalue weighted by Crippen LogP contribution is 2.29. The Kier molecular flexibility index (Phi) is 4.65. The summed E-state index contributed by atoms with van der Waals surface area (Å²) in [5.41, 5.74) is 0.237. The number of pyridine rings is 1. The van der Waals surface area contributed by atoms with E-state index in [0.717, 1.165) is 12.3 Å². The van der Waals surface area contributed by atoms with Crippen LogP contribution in [0.4, 0.5) is 0 Å². The van der Waals surface area contributed by atoms with Crippen molar-refractivity contribution in [3.8, 4) is 11.3 Å². The maximum atomic E-state index is 11.9. The highest BCUT2D eigenvalue weighted by molar-refractivity contribution is 6.34. The molecule has 0 spiro atoms. The predicted molar refractivity (Wildman–Crippen MR) is 78.9 cm³/mol. The second-order valence-corrected chi connectivity index (χ2v) is 4.90. The summed E-state index contributed by atoms with van der Waals surface area (Å²) in [5.74, 6) is -0.559. The van der Waals surface area contributed by atoms with Gasteiger partial charge in [0.1, 0.15) is 22.7 Å². The molecule has 0 aromatic carbocycles. The normalized spacial score (nSPS) is 10.5. The number of aromatic nitrogens is 1. The lowest BCUT2D eigenvalue weighted by Gasteiger charge is -2.06. The van der Waals surface area contributed by atoms with Gasteiger partial charge in [0, 0.05) is 6.07 Å². The van der Waals surface area contributed by atoms with E-state index in [2.05, 4.69) is 4.98 Å². The molecule has 0 bridgehead atoms. The number of hydrogen-bond donors (Lipinski definition) is 0. The molecule has 5 nitrogen and oxygen atoms in total. The third kappa shape index (κ3) is 3.25. The lowest BCUT2D eigenvalue weighted by atomic mass is 10.1. The number of ether oxygens (including phenoxy) is 1. The van der Waals surface area contributed by atoms with Gasteiger partial charge in [0.2, 0.25) is 0 Å². The van der Waals surface area contributed by atoms with Crippen LogP contribution in [0.3, 0.4) is 0 Å². The lowest BCUT2D eigenvalue weighted by Crippen LogP contribution is -2.16. The molecule has 0 saturated carbocycles. The molecule has 0 aliphatic heterocycles. The highest BCUT2D eigenvalue weighted by atomic mass is 35.5. The molecule has 0 fully saturated rings. The summed E-state index contributed by atoms with van der Waals surface area (Å²) in [6, 6.07) is 2.70. The molecule has 2 heterocycles. The van der Waals surface area contributed by atoms with Crippen molar-refractivity contribution >= 4 is 29.2 Å². The van der Waals surface area contributed by atoms with Crippen LogP contribution in [0.1, 0.15) is 23.0 Å². The summed E-state index contributed by atoms with van der Waals surface area (Å²) in [6.45, 7) is 3.52. The summed E-state index contributed by atoms with van der Waals surface area (Å²) >= 11 is 12.0. The van der Waals surface area contributed by atoms with Crippen LogP contribution in [0.25, 0.3) is 11.3 Å². The van der Waals surface area contributed by atoms with E-state index in [-0.39, 0.29) is 23.1 Å². The summed E-state index contributed by atoms with van der Waals surface area (Å²) < 4.78 is 10.0. The summed E-state index contributed by atoms with van der Waals surface area (Å²) in [6.07, 6.45) is 1.04. The van der Waals surface area contributed by atoms with Crippen LogP contribution in [0.15, 0.2) is 27.6 Å². The van der Waals surface area contributed by atoms with Crippen molar-refractivity contribution in [1.29, 1.82) is 0 Å². The number of rotatable bonds is 3. The number of esters is 1. The lowest BCUT2D eigenvalue weighted by molar-refractivity contribution is 0.0522. The second-order valence-electron chi connectivity index (χ2n) is 4.14. The Hall–Kier alpha value is -1.85. The topological polar surface area (TPSA) is 69.4 Å². The van der Waals surface area contributed by atoms with Crippen molar-refractivity contribution in [3.05, 3.63) is 50.1 Å². The van der Waals surface area contributed by atoms with Gasteiger partial charge in [-0.15, -0.1) is 0 Å². The standard InChI is InChI=1S/C14H11Cl2NO4/c1-3-20-14(19)9-6-21-12(5-11(9)18)8-4-10(15)7(2)17-13(8)16/h4-6H,3H2,1-2H3. The minimum Gasteiger partial charge on any atom is -0.463 e. The van der Waals surface area contributed by atoms with E-state index in [0.29, 0.717) is 16.3 Å². The third-order valence-corrected chi connectivity index (χ3v) is 3.37. The first-order valence-electron chi connectivity index (χ1n) is 6.07. The van der Waals surface area contributed by atoms with Gasteiger partial charge in [-0.05, 0) is 19.9 Å². The molecular formula is C14H11Cl2NO4. The zero-order valence-corrected chi connectivity index (χ0v) is 12.8. The molecule has 0 atom stereocenters. The zero-order chi connectivity index (χ0) is 15.6. The van der Waals surface area contributed by atoms with Crippen LogP contribution < -0.4 is 5.43 Å². The van der Waals surface area contributed by atoms with E-state index in [1.165, 1.54) is 0 Å². The van der Waals surface area contributed by atoms with Crippen molar-refractivity contribution in [2.24, 2.45) is 0 Å². The van der Waals surface area contributed by atoms with Crippen LogP contribution in [-0.4, -0.2) is 17.6 Å². The minimum absolute atomic E-state index is 0.156. The quantitative estimate of drug-likeness (QED) is 0.637. The molecule has 0 saturated heterocycles. The van der Waals surface area contributed by atoms with Crippen LogP contribution in [0.2, 0.25) is 10.2 Å². The van der Waals surface area contributed by atoms with Crippen molar-refractivity contribution in [3.63, 3.8) is 0 Å². The van der Waals surface area contributed by atoms with Gasteiger partial charge in [-0.2, -0.15) is 0 Å². The Morgan fingerprint density at radius 2 is 2.10 bits per heavy atom. The van der Waals surface area contributed by atoms with Gasteiger partial charge in [-0.25, -0.2) is 9.78 Å². The van der Waals surface area contributed by atoms with Crippen LogP contribution >= 0.6 is 23.2 Å². The minimum atomic E-state index is -0.732. The van der Waals surface area contributed by atoms with E-state index in [1.54, 1.807) is 19.9 Å². The summed E-state index contributed by atoms with van der Waals surface area (Å²) in [7, 11) is 0. The zero-order valence-electron chi connectivity index (χ0n) is 11.3. The van der Waals surface area contributed by atoms with Crippen molar-refractivity contribution in [1.82, 2.24) is 4.98 Å². The fraction of sp³-hybridized carbons (Fsp3) is 0.214. The molecular weight excluding hydrogens is 317 g/mol. The van der Waals surface area contributed by atoms with Gasteiger partial charge in [0.25, 0.3) is 0 Å². The molecule has 2 aromatic rings. The first kappa shape index (κ1) is 15.5. The van der Waals surface area contributed by atoms with Gasteiger partial charge in [-0.3, -0.25) is 4.79 Å². The Morgan fingerprint density at radius 1 is 1.38 bits per heavy atom. The van der Waals surface area contributed by atoms with Gasteiger partial charge in [0.05, 0.1) is 22.9 Å². The highest BCUT2D eigenvalue weighted by Gasteiger charge is 2.16. The van der Waals surface area contributed by atoms with E-state index in [1.807, 2.05) is 0 Å². The number of nitrogens with zero attached hydrogens (tertiary/aromatic N) is 1. The number of carbonyl (C=O) groups is 1. The Bertz CT molecular complexity index is 755. The first-order valence-corrected chi connectivity index (χ1v) is 6.82. The van der Waals surface area contributed by atoms with Crippen LogP contribution in [0, 0.1) is 6.92 Å². The molecule has 0 aliphatic carbocycles. The molecule has 21 heavy (non-hydrogen) atoms. The van der Waals surface area contributed by atoms with Crippen molar-refractivity contribution in [2.45, 2.75) is 13.8 Å². The largest absolute Gasteiger partial charge is 0.463 e. The molecule has 0 unspecified atom stereocenters. The van der Waals surface area contributed by atoms with Crippen molar-refractivity contribution in [2.75, 3.05) is 6.61 Å². The summed E-state index contributed by atoms with van der Waals surface area (Å²) in [5, 5.41) is 0.551. The molecule has 2 rings (SSSR count). The number of hydrogen-bond acceptors (Lipinski definition) is 5. The fourth-order valence-corrected chi connectivity index (χ4v) is 2.06. The molecule has 7 heteroatoms. The Balaban J connectivity index is 2.48. The van der Waals surface area contributed by atoms with Gasteiger partial charge in [0.15, 0.2) is 5.43 Å². The Labute approximate surface area is 130 Å². The molecule has 0 aliphatic rings. The van der Waals surface area contributed by atoms with E-state index >= 15 is 0 Å². The third-order valence-electron chi connectivity index (χ3n) is 2.70. The number of aryl methyl sites for hydroxylation is 1. The number of halogens is 2. The van der Waals surface area contributed by atoms with E-state index in [4.69, 9.17) is 32.4 Å². The number of carbonyl (C=O) groups excluding carboxylic acids is 1.